The fourth-order valence-corrected chi connectivity index (χ4v) is 3.68. The Morgan fingerprint density at radius 1 is 1.19 bits per heavy atom. The lowest BCUT2D eigenvalue weighted by Gasteiger charge is -2.12. The van der Waals surface area contributed by atoms with Crippen LogP contribution in [0.2, 0.25) is 0 Å². The van der Waals surface area contributed by atoms with Crippen LogP contribution in [0.5, 0.6) is 0 Å². The minimum Gasteiger partial charge on any atom is -0.351 e. The van der Waals surface area contributed by atoms with Crippen molar-refractivity contribution in [2.24, 2.45) is 0 Å². The number of hydrogen-bond acceptors (Lipinski definition) is 5. The number of aromatic amines is 1. The normalized spacial score (nSPS) is 16.2. The summed E-state index contributed by atoms with van der Waals surface area (Å²) in [4.78, 5) is 12.4. The first-order valence-electron chi connectivity index (χ1n) is 9.29. The zero-order valence-corrected chi connectivity index (χ0v) is 15.7. The number of carbonyl (C=O) groups excluding carboxylic acids is 1. The second-order valence-corrected chi connectivity index (χ2v) is 6.81. The van der Waals surface area contributed by atoms with E-state index in [2.05, 4.69) is 35.6 Å². The summed E-state index contributed by atoms with van der Waals surface area (Å²) in [6, 6.07) is 0. The fraction of sp³-hybridized carbons (Fsp3) is 0.647. The minimum absolute atomic E-state index is 0. The van der Waals surface area contributed by atoms with Crippen LogP contribution in [0, 0.1) is 0 Å². The van der Waals surface area contributed by atoms with Gasteiger partial charge in [-0.1, -0.05) is 6.42 Å². The van der Waals surface area contributed by atoms with E-state index in [-0.39, 0.29) is 18.3 Å². The van der Waals surface area contributed by atoms with E-state index in [1.54, 1.807) is 0 Å². The van der Waals surface area contributed by atoms with Gasteiger partial charge in [-0.05, 0) is 19.3 Å². The first kappa shape index (κ1) is 18.8. The maximum absolute atomic E-state index is 12.4. The number of fused-ring (bicyclic) bond motifs is 2. The summed E-state index contributed by atoms with van der Waals surface area (Å²) in [5.41, 5.74) is 2.61. The molecule has 2 aliphatic heterocycles. The van der Waals surface area contributed by atoms with Crippen LogP contribution in [0.15, 0.2) is 0 Å². The molecule has 3 N–H and O–H groups in total. The monoisotopic (exact) mass is 379 g/mol. The van der Waals surface area contributed by atoms with Crippen LogP contribution in [-0.4, -0.2) is 44.0 Å². The molecular weight excluding hydrogens is 354 g/mol. The standard InChI is InChI=1S/C17H25N7O.ClH/c25-17(16-12-11-18-9-7-13(12)20-23-16)19-8-4-6-15-22-21-14-5-2-1-3-10-24(14)15;/h18H,1-11H2,(H,19,25)(H,20,23);1H. The van der Waals surface area contributed by atoms with Crippen molar-refractivity contribution < 1.29 is 4.79 Å². The fourth-order valence-electron chi connectivity index (χ4n) is 3.68. The molecule has 1 amide bonds. The Labute approximate surface area is 158 Å². The number of aromatic nitrogens is 5. The molecule has 0 radical (unpaired) electrons. The molecule has 2 aliphatic rings. The van der Waals surface area contributed by atoms with Gasteiger partial charge in [-0.2, -0.15) is 5.10 Å². The number of hydrogen-bond donors (Lipinski definition) is 3. The van der Waals surface area contributed by atoms with Crippen molar-refractivity contribution in [3.8, 4) is 0 Å². The second-order valence-electron chi connectivity index (χ2n) is 6.81. The summed E-state index contributed by atoms with van der Waals surface area (Å²) >= 11 is 0. The van der Waals surface area contributed by atoms with Gasteiger partial charge >= 0.3 is 0 Å². The third-order valence-corrected chi connectivity index (χ3v) is 5.07. The van der Waals surface area contributed by atoms with E-state index in [1.807, 2.05) is 0 Å². The van der Waals surface area contributed by atoms with Crippen LogP contribution in [0.3, 0.4) is 0 Å². The molecule has 26 heavy (non-hydrogen) atoms. The van der Waals surface area contributed by atoms with Crippen molar-refractivity contribution in [3.05, 3.63) is 28.6 Å². The van der Waals surface area contributed by atoms with Gasteiger partial charge in [-0.15, -0.1) is 22.6 Å². The van der Waals surface area contributed by atoms with E-state index in [0.29, 0.717) is 18.8 Å². The first-order chi connectivity index (χ1) is 12.3. The van der Waals surface area contributed by atoms with Crippen LogP contribution < -0.4 is 10.6 Å². The van der Waals surface area contributed by atoms with E-state index in [4.69, 9.17) is 0 Å². The Hall–Kier alpha value is -1.93. The summed E-state index contributed by atoms with van der Waals surface area (Å²) in [5.74, 6) is 2.07. The lowest BCUT2D eigenvalue weighted by atomic mass is 10.1. The predicted molar refractivity (Wildman–Crippen MR) is 99.5 cm³/mol. The van der Waals surface area contributed by atoms with Crippen LogP contribution in [0.1, 0.15) is 59.1 Å². The maximum Gasteiger partial charge on any atom is 0.272 e. The Balaban J connectivity index is 0.00000196. The Morgan fingerprint density at radius 2 is 2.12 bits per heavy atom. The summed E-state index contributed by atoms with van der Waals surface area (Å²) in [6.07, 6.45) is 7.30. The third-order valence-electron chi connectivity index (χ3n) is 5.07. The van der Waals surface area contributed by atoms with E-state index in [9.17, 15) is 4.79 Å². The number of H-pyrrole nitrogens is 1. The Kier molecular flexibility index (Phi) is 6.26. The van der Waals surface area contributed by atoms with Crippen molar-refractivity contribution >= 4 is 18.3 Å². The highest BCUT2D eigenvalue weighted by atomic mass is 35.5. The van der Waals surface area contributed by atoms with Gasteiger partial charge in [0.05, 0.1) is 0 Å². The molecule has 0 unspecified atom stereocenters. The zero-order chi connectivity index (χ0) is 17.1. The minimum atomic E-state index is -0.0960. The number of aryl methyl sites for hydroxylation is 2. The highest BCUT2D eigenvalue weighted by Crippen LogP contribution is 2.16. The van der Waals surface area contributed by atoms with Crippen molar-refractivity contribution in [1.82, 2.24) is 35.6 Å². The number of carbonyl (C=O) groups is 1. The van der Waals surface area contributed by atoms with Gasteiger partial charge in [-0.25, -0.2) is 0 Å². The van der Waals surface area contributed by atoms with Gasteiger partial charge in [-0.3, -0.25) is 9.89 Å². The molecule has 142 valence electrons. The van der Waals surface area contributed by atoms with E-state index in [0.717, 1.165) is 61.7 Å². The first-order valence-corrected chi connectivity index (χ1v) is 9.29. The maximum atomic E-state index is 12.4. The molecular formula is C17H26ClN7O. The van der Waals surface area contributed by atoms with E-state index in [1.165, 1.54) is 19.3 Å². The molecule has 0 fully saturated rings. The quantitative estimate of drug-likeness (QED) is 0.677. The van der Waals surface area contributed by atoms with Gasteiger partial charge in [0.15, 0.2) is 5.69 Å². The molecule has 2 aromatic rings. The van der Waals surface area contributed by atoms with Crippen LogP contribution >= 0.6 is 12.4 Å². The SMILES string of the molecule is Cl.O=C(NCCCc1nnc2n1CCCCC2)c1n[nH]c2c1CNCC2. The number of rotatable bonds is 5. The molecule has 0 saturated heterocycles. The Bertz CT molecular complexity index is 754. The van der Waals surface area contributed by atoms with Crippen molar-refractivity contribution in [1.29, 1.82) is 0 Å². The Morgan fingerprint density at radius 3 is 3.04 bits per heavy atom. The average Bonchev–Trinajstić information content (AvgIpc) is 3.15. The molecule has 9 heteroatoms. The highest BCUT2D eigenvalue weighted by Gasteiger charge is 2.21. The summed E-state index contributed by atoms with van der Waals surface area (Å²) in [5, 5.41) is 22.1. The largest absolute Gasteiger partial charge is 0.351 e. The average molecular weight is 380 g/mol. The van der Waals surface area contributed by atoms with Crippen LogP contribution in [0.4, 0.5) is 0 Å². The molecule has 0 aliphatic carbocycles. The topological polar surface area (TPSA) is 101 Å². The van der Waals surface area contributed by atoms with Gasteiger partial charge < -0.3 is 15.2 Å². The lowest BCUT2D eigenvalue weighted by Crippen LogP contribution is -2.29. The molecule has 0 aromatic carbocycles. The van der Waals surface area contributed by atoms with Crippen LogP contribution in [-0.2, 0) is 32.4 Å². The zero-order valence-electron chi connectivity index (χ0n) is 14.9. The number of halogens is 1. The van der Waals surface area contributed by atoms with Crippen LogP contribution in [0.25, 0.3) is 0 Å². The lowest BCUT2D eigenvalue weighted by molar-refractivity contribution is 0.0947. The predicted octanol–water partition coefficient (Wildman–Crippen LogP) is 1.16. The molecule has 4 heterocycles. The van der Waals surface area contributed by atoms with Crippen molar-refractivity contribution in [2.45, 2.75) is 58.0 Å². The smallest absolute Gasteiger partial charge is 0.272 e. The summed E-state index contributed by atoms with van der Waals surface area (Å²) < 4.78 is 2.27. The summed E-state index contributed by atoms with van der Waals surface area (Å²) in [6.45, 7) is 3.28. The molecule has 2 aromatic heterocycles. The molecule has 0 saturated carbocycles. The van der Waals surface area contributed by atoms with Gasteiger partial charge in [0.25, 0.3) is 5.91 Å². The molecule has 4 rings (SSSR count). The molecule has 0 spiro atoms. The highest BCUT2D eigenvalue weighted by molar-refractivity contribution is 5.94. The van der Waals surface area contributed by atoms with E-state index >= 15 is 0 Å². The molecule has 8 nitrogen and oxygen atoms in total. The number of amides is 1. The van der Waals surface area contributed by atoms with Crippen molar-refractivity contribution in [3.63, 3.8) is 0 Å². The van der Waals surface area contributed by atoms with E-state index < -0.39 is 0 Å². The van der Waals surface area contributed by atoms with Crippen molar-refractivity contribution in [2.75, 3.05) is 13.1 Å². The second kappa shape index (κ2) is 8.64. The molecule has 0 atom stereocenters. The van der Waals surface area contributed by atoms with Gasteiger partial charge in [0, 0.05) is 56.7 Å². The third kappa shape index (κ3) is 3.91. The number of nitrogens with zero attached hydrogens (tertiary/aromatic N) is 4. The van der Waals surface area contributed by atoms with Gasteiger partial charge in [0.2, 0.25) is 0 Å². The number of nitrogens with one attached hydrogen (secondary N) is 3. The summed E-state index contributed by atoms with van der Waals surface area (Å²) in [7, 11) is 0. The molecule has 0 bridgehead atoms. The van der Waals surface area contributed by atoms with Gasteiger partial charge in [0.1, 0.15) is 11.6 Å².